The predicted molar refractivity (Wildman–Crippen MR) is 136 cm³/mol. The van der Waals surface area contributed by atoms with Crippen LogP contribution in [0, 0.1) is 0 Å². The molecule has 0 fully saturated rings. The summed E-state index contributed by atoms with van der Waals surface area (Å²) in [5.41, 5.74) is 2.30. The Bertz CT molecular complexity index is 1500. The molecular formula is C27H26N2O6S. The Hall–Kier alpha value is -3.98. The molecule has 2 aromatic carbocycles. The number of thiazole rings is 1. The van der Waals surface area contributed by atoms with Crippen LogP contribution in [-0.2, 0) is 14.3 Å². The van der Waals surface area contributed by atoms with E-state index in [-0.39, 0.29) is 11.1 Å². The number of allylic oxidation sites excluding steroid dienone is 1. The van der Waals surface area contributed by atoms with Gasteiger partial charge in [-0.1, -0.05) is 42.5 Å². The molecule has 1 aliphatic heterocycles. The van der Waals surface area contributed by atoms with E-state index in [0.717, 1.165) is 17.7 Å². The summed E-state index contributed by atoms with van der Waals surface area (Å²) in [5, 5.41) is 0. The van der Waals surface area contributed by atoms with E-state index in [2.05, 4.69) is 4.99 Å². The summed E-state index contributed by atoms with van der Waals surface area (Å²) in [4.78, 5) is 43.3. The average molecular weight is 507 g/mol. The Kier molecular flexibility index (Phi) is 7.49. The van der Waals surface area contributed by atoms with Gasteiger partial charge in [0.2, 0.25) is 0 Å². The number of rotatable bonds is 7. The maximum atomic E-state index is 13.6. The zero-order valence-electron chi connectivity index (χ0n) is 20.4. The highest BCUT2D eigenvalue weighted by atomic mass is 32.1. The van der Waals surface area contributed by atoms with E-state index in [1.165, 1.54) is 30.1 Å². The van der Waals surface area contributed by atoms with Crippen molar-refractivity contribution in [3.63, 3.8) is 0 Å². The van der Waals surface area contributed by atoms with Crippen molar-refractivity contribution < 1.29 is 23.8 Å². The molecule has 0 spiro atoms. The summed E-state index contributed by atoms with van der Waals surface area (Å²) < 4.78 is 17.4. The average Bonchev–Trinajstić information content (AvgIpc) is 3.20. The van der Waals surface area contributed by atoms with Crippen LogP contribution in [0.3, 0.4) is 0 Å². The number of hydrogen-bond acceptors (Lipinski definition) is 8. The fourth-order valence-corrected chi connectivity index (χ4v) is 5.01. The van der Waals surface area contributed by atoms with E-state index in [1.54, 1.807) is 37.3 Å². The topological polar surface area (TPSA) is 96.2 Å². The second-order valence-corrected chi connectivity index (χ2v) is 9.11. The Balaban J connectivity index is 1.83. The highest BCUT2D eigenvalue weighted by Crippen LogP contribution is 2.30. The van der Waals surface area contributed by atoms with Crippen molar-refractivity contribution in [3.05, 3.63) is 96.2 Å². The molecule has 0 saturated carbocycles. The van der Waals surface area contributed by atoms with Gasteiger partial charge in [-0.05, 0) is 54.8 Å². The second-order valence-electron chi connectivity index (χ2n) is 8.10. The van der Waals surface area contributed by atoms with Crippen molar-refractivity contribution in [1.82, 2.24) is 4.57 Å². The number of carbonyl (C=O) groups excluding carboxylic acids is 2. The summed E-state index contributed by atoms with van der Waals surface area (Å²) in [6.45, 7) is 4.40. The van der Waals surface area contributed by atoms with Crippen LogP contribution < -0.4 is 19.6 Å². The van der Waals surface area contributed by atoms with Gasteiger partial charge in [-0.3, -0.25) is 9.36 Å². The molecule has 3 aromatic rings. The third-order valence-corrected chi connectivity index (χ3v) is 6.71. The SMILES string of the molecule is CCCOc1ccc(C=c2sc3n(c2=O)C(c2ccc(C(=O)OC)cc2)C(C(=O)OC)=C(C)N=3)cc1. The van der Waals surface area contributed by atoms with Crippen LogP contribution in [0.5, 0.6) is 5.75 Å². The van der Waals surface area contributed by atoms with Crippen LogP contribution in [0.1, 0.15) is 47.8 Å². The molecule has 2 heterocycles. The van der Waals surface area contributed by atoms with Crippen molar-refractivity contribution in [2.75, 3.05) is 20.8 Å². The van der Waals surface area contributed by atoms with Crippen molar-refractivity contribution in [1.29, 1.82) is 0 Å². The van der Waals surface area contributed by atoms with Gasteiger partial charge in [0.15, 0.2) is 4.80 Å². The lowest BCUT2D eigenvalue weighted by Gasteiger charge is -2.24. The molecule has 1 aromatic heterocycles. The van der Waals surface area contributed by atoms with E-state index >= 15 is 0 Å². The summed E-state index contributed by atoms with van der Waals surface area (Å²) >= 11 is 1.25. The molecule has 0 aliphatic carbocycles. The van der Waals surface area contributed by atoms with Crippen LogP contribution in [-0.4, -0.2) is 37.3 Å². The highest BCUT2D eigenvalue weighted by Gasteiger charge is 2.33. The monoisotopic (exact) mass is 506 g/mol. The van der Waals surface area contributed by atoms with Crippen LogP contribution in [0.2, 0.25) is 0 Å². The van der Waals surface area contributed by atoms with Crippen LogP contribution in [0.15, 0.2) is 69.6 Å². The molecule has 4 rings (SSSR count). The Labute approximate surface area is 211 Å². The number of esters is 2. The van der Waals surface area contributed by atoms with Crippen LogP contribution in [0.25, 0.3) is 6.08 Å². The second kappa shape index (κ2) is 10.7. The van der Waals surface area contributed by atoms with Gasteiger partial charge in [0, 0.05) is 0 Å². The van der Waals surface area contributed by atoms with Gasteiger partial charge in [-0.2, -0.15) is 0 Å². The Morgan fingerprint density at radius 2 is 1.69 bits per heavy atom. The molecular weight excluding hydrogens is 480 g/mol. The van der Waals surface area contributed by atoms with Crippen LogP contribution >= 0.6 is 11.3 Å². The molecule has 1 unspecified atom stereocenters. The lowest BCUT2D eigenvalue weighted by molar-refractivity contribution is -0.136. The number of aromatic nitrogens is 1. The number of ether oxygens (including phenoxy) is 3. The number of hydrogen-bond donors (Lipinski definition) is 0. The van der Waals surface area contributed by atoms with E-state index in [1.807, 2.05) is 31.2 Å². The lowest BCUT2D eigenvalue weighted by Crippen LogP contribution is -2.39. The van der Waals surface area contributed by atoms with Gasteiger partial charge in [-0.15, -0.1) is 0 Å². The minimum Gasteiger partial charge on any atom is -0.494 e. The van der Waals surface area contributed by atoms with Gasteiger partial charge in [-0.25, -0.2) is 14.6 Å². The van der Waals surface area contributed by atoms with Crippen molar-refractivity contribution >= 4 is 29.4 Å². The van der Waals surface area contributed by atoms with E-state index in [0.29, 0.717) is 32.8 Å². The largest absolute Gasteiger partial charge is 0.494 e. The zero-order chi connectivity index (χ0) is 25.8. The maximum absolute atomic E-state index is 13.6. The molecule has 36 heavy (non-hydrogen) atoms. The quantitative estimate of drug-likeness (QED) is 0.457. The first kappa shape index (κ1) is 25.1. The summed E-state index contributed by atoms with van der Waals surface area (Å²) in [5.74, 6) is -0.282. The van der Waals surface area contributed by atoms with Crippen molar-refractivity contribution in [2.45, 2.75) is 26.3 Å². The molecule has 0 saturated heterocycles. The Morgan fingerprint density at radius 1 is 1.03 bits per heavy atom. The van der Waals surface area contributed by atoms with Gasteiger partial charge < -0.3 is 14.2 Å². The smallest absolute Gasteiger partial charge is 0.338 e. The molecule has 9 heteroatoms. The summed E-state index contributed by atoms with van der Waals surface area (Å²) in [6.07, 6.45) is 2.71. The third-order valence-electron chi connectivity index (χ3n) is 5.73. The molecule has 8 nitrogen and oxygen atoms in total. The van der Waals surface area contributed by atoms with E-state index in [4.69, 9.17) is 14.2 Å². The van der Waals surface area contributed by atoms with Crippen molar-refractivity contribution in [3.8, 4) is 5.75 Å². The lowest BCUT2D eigenvalue weighted by atomic mass is 9.95. The molecule has 1 atom stereocenters. The standard InChI is InChI=1S/C27H26N2O6S/c1-5-14-35-20-12-6-17(7-13-20)15-21-24(30)29-23(18-8-10-19(11-9-18)25(31)33-3)22(26(32)34-4)16(2)28-27(29)36-21/h6-13,15,23H,5,14H2,1-4H3. The Morgan fingerprint density at radius 3 is 2.31 bits per heavy atom. The summed E-state index contributed by atoms with van der Waals surface area (Å²) in [7, 11) is 2.60. The number of benzene rings is 2. The van der Waals surface area contributed by atoms with Crippen LogP contribution in [0.4, 0.5) is 0 Å². The van der Waals surface area contributed by atoms with Gasteiger partial charge in [0.25, 0.3) is 5.56 Å². The fourth-order valence-electron chi connectivity index (χ4n) is 3.96. The maximum Gasteiger partial charge on any atom is 0.338 e. The molecule has 0 amide bonds. The van der Waals surface area contributed by atoms with E-state index < -0.39 is 18.0 Å². The number of carbonyl (C=O) groups is 2. The molecule has 186 valence electrons. The number of methoxy groups -OCH3 is 2. The number of fused-ring (bicyclic) bond motifs is 1. The van der Waals surface area contributed by atoms with Gasteiger partial charge in [0.1, 0.15) is 5.75 Å². The molecule has 0 bridgehead atoms. The number of nitrogens with zero attached hydrogens (tertiary/aromatic N) is 2. The first-order chi connectivity index (χ1) is 17.4. The summed E-state index contributed by atoms with van der Waals surface area (Å²) in [6, 6.07) is 13.3. The molecule has 0 radical (unpaired) electrons. The third kappa shape index (κ3) is 4.87. The van der Waals surface area contributed by atoms with Crippen molar-refractivity contribution in [2.24, 2.45) is 4.99 Å². The normalized spacial score (nSPS) is 15.2. The zero-order valence-corrected chi connectivity index (χ0v) is 21.3. The first-order valence-corrected chi connectivity index (χ1v) is 12.2. The minimum absolute atomic E-state index is 0.264. The minimum atomic E-state index is -0.757. The van der Waals surface area contributed by atoms with Gasteiger partial charge >= 0.3 is 11.9 Å². The molecule has 1 aliphatic rings. The fraction of sp³-hybridized carbons (Fsp3) is 0.259. The van der Waals surface area contributed by atoms with E-state index in [9.17, 15) is 14.4 Å². The highest BCUT2D eigenvalue weighted by molar-refractivity contribution is 7.07. The molecule has 0 N–H and O–H groups in total. The predicted octanol–water partition coefficient (Wildman–Crippen LogP) is 2.98. The van der Waals surface area contributed by atoms with Gasteiger partial charge in [0.05, 0.1) is 48.2 Å². The first-order valence-electron chi connectivity index (χ1n) is 11.4.